The average molecular weight is 337 g/mol. The van der Waals surface area contributed by atoms with E-state index < -0.39 is 10.0 Å². The Kier molecular flexibility index (Phi) is 4.44. The van der Waals surface area contributed by atoms with Crippen LogP contribution in [0.5, 0.6) is 0 Å². The molecule has 0 bridgehead atoms. The summed E-state index contributed by atoms with van der Waals surface area (Å²) in [5, 5.41) is 9.53. The molecule has 0 amide bonds. The standard InChI is InChI=1S/C14H19N5O3S/c1-11-16-14(10-18-6-8-22-9-7-18)19(17-11)12-2-4-13(5-3-12)23(15,20)21/h2-5H,6-10H2,1H3,(H2,15,20,21). The maximum Gasteiger partial charge on any atom is 0.238 e. The minimum atomic E-state index is -3.70. The topological polar surface area (TPSA) is 103 Å². The monoisotopic (exact) mass is 337 g/mol. The van der Waals surface area contributed by atoms with Crippen molar-refractivity contribution in [2.45, 2.75) is 18.4 Å². The molecule has 1 fully saturated rings. The zero-order valence-corrected chi connectivity index (χ0v) is 13.7. The summed E-state index contributed by atoms with van der Waals surface area (Å²) in [4.78, 5) is 6.81. The molecule has 0 atom stereocenters. The Bertz CT molecular complexity index is 779. The van der Waals surface area contributed by atoms with E-state index in [1.807, 2.05) is 6.92 Å². The number of nitrogens with two attached hydrogens (primary N) is 1. The fourth-order valence-corrected chi connectivity index (χ4v) is 3.02. The second-order valence-corrected chi connectivity index (χ2v) is 6.98. The van der Waals surface area contributed by atoms with Crippen LogP contribution in [0, 0.1) is 6.92 Å². The van der Waals surface area contributed by atoms with Crippen molar-refractivity contribution in [3.8, 4) is 5.69 Å². The Balaban J connectivity index is 1.87. The van der Waals surface area contributed by atoms with Gasteiger partial charge in [-0.1, -0.05) is 0 Å². The van der Waals surface area contributed by atoms with Gasteiger partial charge in [0.25, 0.3) is 0 Å². The number of primary sulfonamides is 1. The Labute approximate surface area is 134 Å². The molecule has 3 rings (SSSR count). The lowest BCUT2D eigenvalue weighted by molar-refractivity contribution is 0.0328. The zero-order chi connectivity index (χ0) is 16.4. The molecule has 0 aliphatic carbocycles. The Hall–Kier alpha value is -1.81. The maximum absolute atomic E-state index is 11.3. The molecule has 1 aliphatic heterocycles. The van der Waals surface area contributed by atoms with Gasteiger partial charge in [0.15, 0.2) is 0 Å². The van der Waals surface area contributed by atoms with E-state index in [2.05, 4.69) is 15.0 Å². The highest BCUT2D eigenvalue weighted by Crippen LogP contribution is 2.15. The summed E-state index contributed by atoms with van der Waals surface area (Å²) in [6.07, 6.45) is 0. The SMILES string of the molecule is Cc1nc(CN2CCOCC2)n(-c2ccc(S(N)(=O)=O)cc2)n1. The lowest BCUT2D eigenvalue weighted by atomic mass is 10.3. The van der Waals surface area contributed by atoms with Crippen LogP contribution in [0.15, 0.2) is 29.2 Å². The number of nitrogens with zero attached hydrogens (tertiary/aromatic N) is 4. The van der Waals surface area contributed by atoms with Gasteiger partial charge in [-0.2, -0.15) is 5.10 Å². The van der Waals surface area contributed by atoms with Gasteiger partial charge in [0.05, 0.1) is 30.3 Å². The number of aromatic nitrogens is 3. The van der Waals surface area contributed by atoms with Crippen molar-refractivity contribution in [1.82, 2.24) is 19.7 Å². The van der Waals surface area contributed by atoms with E-state index in [-0.39, 0.29) is 4.90 Å². The summed E-state index contributed by atoms with van der Waals surface area (Å²) in [5.41, 5.74) is 0.751. The zero-order valence-electron chi connectivity index (χ0n) is 12.8. The van der Waals surface area contributed by atoms with Crippen LogP contribution in [0.2, 0.25) is 0 Å². The van der Waals surface area contributed by atoms with Crippen molar-refractivity contribution in [2.75, 3.05) is 26.3 Å². The second kappa shape index (κ2) is 6.36. The maximum atomic E-state index is 11.3. The molecule has 0 spiro atoms. The summed E-state index contributed by atoms with van der Waals surface area (Å²) in [6, 6.07) is 6.30. The Morgan fingerprint density at radius 2 is 1.87 bits per heavy atom. The molecule has 8 nitrogen and oxygen atoms in total. The lowest BCUT2D eigenvalue weighted by Gasteiger charge is -2.26. The van der Waals surface area contributed by atoms with Gasteiger partial charge in [0, 0.05) is 13.1 Å². The van der Waals surface area contributed by atoms with Crippen LogP contribution in [0.1, 0.15) is 11.6 Å². The molecule has 23 heavy (non-hydrogen) atoms. The van der Waals surface area contributed by atoms with E-state index >= 15 is 0 Å². The first-order valence-corrected chi connectivity index (χ1v) is 8.84. The molecule has 0 unspecified atom stereocenters. The van der Waals surface area contributed by atoms with Crippen LogP contribution in [-0.4, -0.2) is 54.4 Å². The number of ether oxygens (including phenoxy) is 1. The minimum Gasteiger partial charge on any atom is -0.379 e. The molecular weight excluding hydrogens is 318 g/mol. The molecule has 1 saturated heterocycles. The van der Waals surface area contributed by atoms with Gasteiger partial charge in [0.1, 0.15) is 11.6 Å². The highest BCUT2D eigenvalue weighted by atomic mass is 32.2. The molecule has 2 heterocycles. The highest BCUT2D eigenvalue weighted by Gasteiger charge is 2.17. The van der Waals surface area contributed by atoms with Gasteiger partial charge in [-0.3, -0.25) is 4.90 Å². The Morgan fingerprint density at radius 3 is 2.48 bits per heavy atom. The molecule has 124 valence electrons. The fraction of sp³-hybridized carbons (Fsp3) is 0.429. The first kappa shape index (κ1) is 16.1. The molecule has 1 aromatic carbocycles. The van der Waals surface area contributed by atoms with Gasteiger partial charge in [-0.25, -0.2) is 23.2 Å². The molecule has 2 N–H and O–H groups in total. The van der Waals surface area contributed by atoms with E-state index in [4.69, 9.17) is 9.88 Å². The first-order chi connectivity index (χ1) is 10.9. The Morgan fingerprint density at radius 1 is 1.22 bits per heavy atom. The van der Waals surface area contributed by atoms with Crippen LogP contribution in [-0.2, 0) is 21.3 Å². The molecule has 9 heteroatoms. The summed E-state index contributed by atoms with van der Waals surface area (Å²) in [6.45, 7) is 5.65. The van der Waals surface area contributed by atoms with Gasteiger partial charge in [0.2, 0.25) is 10.0 Å². The van der Waals surface area contributed by atoms with E-state index in [1.165, 1.54) is 12.1 Å². The number of benzene rings is 1. The number of rotatable bonds is 4. The van der Waals surface area contributed by atoms with E-state index in [1.54, 1.807) is 16.8 Å². The summed E-state index contributed by atoms with van der Waals surface area (Å²) in [7, 11) is -3.70. The normalized spacial score (nSPS) is 16.6. The smallest absolute Gasteiger partial charge is 0.238 e. The third-order valence-corrected chi connectivity index (χ3v) is 4.59. The first-order valence-electron chi connectivity index (χ1n) is 7.29. The predicted molar refractivity (Wildman–Crippen MR) is 83.6 cm³/mol. The van der Waals surface area contributed by atoms with Gasteiger partial charge < -0.3 is 4.74 Å². The molecular formula is C14H19N5O3S. The van der Waals surface area contributed by atoms with Gasteiger partial charge >= 0.3 is 0 Å². The quantitative estimate of drug-likeness (QED) is 0.846. The number of aryl methyl sites for hydroxylation is 1. The molecule has 0 radical (unpaired) electrons. The van der Waals surface area contributed by atoms with E-state index in [0.29, 0.717) is 12.4 Å². The van der Waals surface area contributed by atoms with Gasteiger partial charge in [-0.15, -0.1) is 0 Å². The van der Waals surface area contributed by atoms with Crippen molar-refractivity contribution in [3.05, 3.63) is 35.9 Å². The number of morpholine rings is 1. The minimum absolute atomic E-state index is 0.0767. The summed E-state index contributed by atoms with van der Waals surface area (Å²) in [5.74, 6) is 1.48. The predicted octanol–water partition coefficient (Wildman–Crippen LogP) is 0.0553. The molecule has 2 aromatic rings. The van der Waals surface area contributed by atoms with Crippen molar-refractivity contribution in [3.63, 3.8) is 0 Å². The number of hydrogen-bond acceptors (Lipinski definition) is 6. The fourth-order valence-electron chi connectivity index (χ4n) is 2.50. The largest absolute Gasteiger partial charge is 0.379 e. The van der Waals surface area contributed by atoms with Crippen LogP contribution >= 0.6 is 0 Å². The summed E-state index contributed by atoms with van der Waals surface area (Å²) < 4.78 is 29.8. The van der Waals surface area contributed by atoms with Crippen LogP contribution in [0.4, 0.5) is 0 Å². The highest BCUT2D eigenvalue weighted by molar-refractivity contribution is 7.89. The van der Waals surface area contributed by atoms with Gasteiger partial charge in [-0.05, 0) is 31.2 Å². The van der Waals surface area contributed by atoms with Crippen molar-refractivity contribution in [2.24, 2.45) is 5.14 Å². The third kappa shape index (κ3) is 3.75. The molecule has 1 aliphatic rings. The lowest BCUT2D eigenvalue weighted by Crippen LogP contribution is -2.36. The third-order valence-electron chi connectivity index (χ3n) is 3.66. The van der Waals surface area contributed by atoms with Crippen molar-refractivity contribution < 1.29 is 13.2 Å². The number of hydrogen-bond donors (Lipinski definition) is 1. The van der Waals surface area contributed by atoms with Crippen LogP contribution in [0.25, 0.3) is 5.69 Å². The molecule has 1 aromatic heterocycles. The van der Waals surface area contributed by atoms with Crippen molar-refractivity contribution in [1.29, 1.82) is 0 Å². The van der Waals surface area contributed by atoms with Crippen LogP contribution in [0.3, 0.4) is 0 Å². The molecule has 0 saturated carbocycles. The average Bonchev–Trinajstić information content (AvgIpc) is 2.88. The van der Waals surface area contributed by atoms with Crippen LogP contribution < -0.4 is 5.14 Å². The number of sulfonamides is 1. The summed E-state index contributed by atoms with van der Waals surface area (Å²) >= 11 is 0. The van der Waals surface area contributed by atoms with Crippen molar-refractivity contribution >= 4 is 10.0 Å². The second-order valence-electron chi connectivity index (χ2n) is 5.41. The van der Waals surface area contributed by atoms with E-state index in [9.17, 15) is 8.42 Å². The van der Waals surface area contributed by atoms with E-state index in [0.717, 1.165) is 37.8 Å².